The first-order chi connectivity index (χ1) is 7.35. The van der Waals surface area contributed by atoms with Crippen LogP contribution in [0, 0.1) is 17.8 Å². The van der Waals surface area contributed by atoms with Gasteiger partial charge in [0, 0.05) is 0 Å². The van der Waals surface area contributed by atoms with Crippen LogP contribution in [0.4, 0.5) is 0 Å². The summed E-state index contributed by atoms with van der Waals surface area (Å²) in [6, 6.07) is 8.00. The fourth-order valence-electron chi connectivity index (χ4n) is 1.66. The molecule has 0 amide bonds. The maximum Gasteiger partial charge on any atom is 0.118 e. The molecule has 0 heterocycles. The zero-order chi connectivity index (χ0) is 12.4. The largest absolute Gasteiger partial charge is 0.497 e. The van der Waals surface area contributed by atoms with E-state index < -0.39 is 0 Å². The number of methoxy groups -OCH3 is 1. The fourth-order valence-corrected chi connectivity index (χ4v) is 1.66. The summed E-state index contributed by atoms with van der Waals surface area (Å²) in [5.41, 5.74) is 0.915. The minimum Gasteiger partial charge on any atom is -0.497 e. The van der Waals surface area contributed by atoms with E-state index in [-0.39, 0.29) is 10.8 Å². The van der Waals surface area contributed by atoms with Crippen LogP contribution in [0.5, 0.6) is 5.75 Å². The Morgan fingerprint density at radius 3 is 1.88 bits per heavy atom. The highest BCUT2D eigenvalue weighted by atomic mass is 16.5. The second-order valence-corrected chi connectivity index (χ2v) is 5.25. The van der Waals surface area contributed by atoms with Gasteiger partial charge in [0.15, 0.2) is 0 Å². The van der Waals surface area contributed by atoms with Gasteiger partial charge >= 0.3 is 0 Å². The fraction of sp³-hybridized carbons (Fsp3) is 0.467. The molecule has 0 radical (unpaired) electrons. The third kappa shape index (κ3) is 2.07. The summed E-state index contributed by atoms with van der Waals surface area (Å²) in [7, 11) is 1.67. The molecule has 0 aliphatic carbocycles. The van der Waals surface area contributed by atoms with Crippen LogP contribution in [0.3, 0.4) is 0 Å². The first-order valence-corrected chi connectivity index (χ1v) is 5.47. The molecule has 0 saturated carbocycles. The smallest absolute Gasteiger partial charge is 0.118 e. The van der Waals surface area contributed by atoms with E-state index in [9.17, 15) is 0 Å². The van der Waals surface area contributed by atoms with Gasteiger partial charge in [-0.1, -0.05) is 38.8 Å². The molecule has 0 bridgehead atoms. The summed E-state index contributed by atoms with van der Waals surface area (Å²) in [6.45, 7) is 8.60. The SMILES string of the molecule is C#C[C@](C)(c1ccc(OC)cc1)C(C)(C)C. The van der Waals surface area contributed by atoms with Crippen molar-refractivity contribution in [2.45, 2.75) is 33.1 Å². The zero-order valence-electron chi connectivity index (χ0n) is 10.8. The van der Waals surface area contributed by atoms with Crippen molar-refractivity contribution >= 4 is 0 Å². The molecular formula is C15H20O. The van der Waals surface area contributed by atoms with Gasteiger partial charge in [-0.05, 0) is 30.0 Å². The average Bonchev–Trinajstić information content (AvgIpc) is 2.26. The molecule has 0 N–H and O–H groups in total. The van der Waals surface area contributed by atoms with Crippen LogP contribution < -0.4 is 4.74 Å². The van der Waals surface area contributed by atoms with Crippen molar-refractivity contribution in [2.24, 2.45) is 5.41 Å². The van der Waals surface area contributed by atoms with Crippen LogP contribution in [-0.4, -0.2) is 7.11 Å². The molecule has 86 valence electrons. The second kappa shape index (κ2) is 4.22. The van der Waals surface area contributed by atoms with Crippen molar-refractivity contribution < 1.29 is 4.74 Å². The molecular weight excluding hydrogens is 196 g/mol. The summed E-state index contributed by atoms with van der Waals surface area (Å²) >= 11 is 0. The molecule has 1 rings (SSSR count). The van der Waals surface area contributed by atoms with Gasteiger partial charge < -0.3 is 4.74 Å². The number of hydrogen-bond acceptors (Lipinski definition) is 1. The summed E-state index contributed by atoms with van der Waals surface area (Å²) in [5.74, 6) is 3.79. The molecule has 1 atom stereocenters. The molecule has 0 aliphatic heterocycles. The normalized spacial score (nSPS) is 15.0. The van der Waals surface area contributed by atoms with Crippen LogP contribution in [0.1, 0.15) is 33.3 Å². The Labute approximate surface area is 98.8 Å². The molecule has 0 fully saturated rings. The molecule has 1 aromatic rings. The van der Waals surface area contributed by atoms with Gasteiger partial charge in [0.2, 0.25) is 0 Å². The van der Waals surface area contributed by atoms with Crippen LogP contribution >= 0.6 is 0 Å². The number of terminal acetylenes is 1. The lowest BCUT2D eigenvalue weighted by molar-refractivity contribution is 0.269. The van der Waals surface area contributed by atoms with Crippen molar-refractivity contribution in [3.05, 3.63) is 29.8 Å². The van der Waals surface area contributed by atoms with E-state index in [1.54, 1.807) is 7.11 Å². The van der Waals surface area contributed by atoms with Crippen LogP contribution in [-0.2, 0) is 5.41 Å². The monoisotopic (exact) mass is 216 g/mol. The standard InChI is InChI=1S/C15H20O/c1-7-15(5,14(2,3)4)12-8-10-13(16-6)11-9-12/h1,8-11H,2-6H3/t15-/m1/s1. The van der Waals surface area contributed by atoms with Crippen molar-refractivity contribution in [2.75, 3.05) is 7.11 Å². The van der Waals surface area contributed by atoms with Crippen LogP contribution in [0.25, 0.3) is 0 Å². The van der Waals surface area contributed by atoms with Crippen molar-refractivity contribution in [3.8, 4) is 18.1 Å². The maximum atomic E-state index is 5.71. The van der Waals surface area contributed by atoms with Gasteiger partial charge in [0.1, 0.15) is 5.75 Å². The van der Waals surface area contributed by atoms with Gasteiger partial charge in [0.25, 0.3) is 0 Å². The Hall–Kier alpha value is -1.42. The van der Waals surface area contributed by atoms with Crippen molar-refractivity contribution in [3.63, 3.8) is 0 Å². The Bertz CT molecular complexity index is 389. The third-order valence-corrected chi connectivity index (χ3v) is 3.46. The zero-order valence-corrected chi connectivity index (χ0v) is 10.8. The lowest BCUT2D eigenvalue weighted by Crippen LogP contribution is -2.35. The first-order valence-electron chi connectivity index (χ1n) is 5.47. The van der Waals surface area contributed by atoms with E-state index in [1.165, 1.54) is 0 Å². The van der Waals surface area contributed by atoms with Crippen LogP contribution in [0.15, 0.2) is 24.3 Å². The van der Waals surface area contributed by atoms with Gasteiger partial charge in [-0.15, -0.1) is 6.42 Å². The Kier molecular flexibility index (Phi) is 3.33. The molecule has 1 heteroatoms. The molecule has 0 aromatic heterocycles. The van der Waals surface area contributed by atoms with Gasteiger partial charge in [0.05, 0.1) is 12.5 Å². The van der Waals surface area contributed by atoms with E-state index in [4.69, 9.17) is 11.2 Å². The summed E-state index contributed by atoms with van der Waals surface area (Å²) < 4.78 is 5.15. The van der Waals surface area contributed by atoms with E-state index in [2.05, 4.69) is 33.6 Å². The summed E-state index contributed by atoms with van der Waals surface area (Å²) in [5, 5.41) is 0. The Balaban J connectivity index is 3.20. The molecule has 0 unspecified atom stereocenters. The topological polar surface area (TPSA) is 9.23 Å². The lowest BCUT2D eigenvalue weighted by atomic mass is 9.64. The minimum absolute atomic E-state index is 0.0241. The number of hydrogen-bond donors (Lipinski definition) is 0. The Morgan fingerprint density at radius 2 is 1.56 bits per heavy atom. The molecule has 1 aromatic carbocycles. The lowest BCUT2D eigenvalue weighted by Gasteiger charge is -2.38. The minimum atomic E-state index is -0.265. The third-order valence-electron chi connectivity index (χ3n) is 3.46. The number of rotatable bonds is 2. The van der Waals surface area contributed by atoms with Gasteiger partial charge in [-0.3, -0.25) is 0 Å². The average molecular weight is 216 g/mol. The van der Waals surface area contributed by atoms with Gasteiger partial charge in [-0.25, -0.2) is 0 Å². The highest BCUT2D eigenvalue weighted by Crippen LogP contribution is 2.41. The predicted molar refractivity (Wildman–Crippen MR) is 68.6 cm³/mol. The van der Waals surface area contributed by atoms with E-state index in [0.717, 1.165) is 11.3 Å². The van der Waals surface area contributed by atoms with Crippen LogP contribution in [0.2, 0.25) is 0 Å². The number of ether oxygens (including phenoxy) is 1. The van der Waals surface area contributed by atoms with Crippen molar-refractivity contribution in [1.29, 1.82) is 0 Å². The maximum absolute atomic E-state index is 5.71. The molecule has 16 heavy (non-hydrogen) atoms. The summed E-state index contributed by atoms with van der Waals surface area (Å²) in [6.07, 6.45) is 5.71. The highest BCUT2D eigenvalue weighted by Gasteiger charge is 2.37. The molecule has 0 aliphatic rings. The second-order valence-electron chi connectivity index (χ2n) is 5.25. The first kappa shape index (κ1) is 12.6. The number of benzene rings is 1. The predicted octanol–water partition coefficient (Wildman–Crippen LogP) is 3.63. The molecule has 1 nitrogen and oxygen atoms in total. The summed E-state index contributed by atoms with van der Waals surface area (Å²) in [4.78, 5) is 0. The van der Waals surface area contributed by atoms with Crippen molar-refractivity contribution in [1.82, 2.24) is 0 Å². The molecule has 0 saturated heterocycles. The van der Waals surface area contributed by atoms with E-state index in [1.807, 2.05) is 24.3 Å². The highest BCUT2D eigenvalue weighted by molar-refractivity contribution is 5.39. The molecule has 0 spiro atoms. The van der Waals surface area contributed by atoms with Gasteiger partial charge in [-0.2, -0.15) is 0 Å². The van der Waals surface area contributed by atoms with E-state index >= 15 is 0 Å². The Morgan fingerprint density at radius 1 is 1.06 bits per heavy atom. The van der Waals surface area contributed by atoms with E-state index in [0.29, 0.717) is 0 Å². The quantitative estimate of drug-likeness (QED) is 0.686.